The topological polar surface area (TPSA) is 75.4 Å². The van der Waals surface area contributed by atoms with E-state index in [4.69, 9.17) is 9.63 Å². The number of hydrogen-bond acceptors (Lipinski definition) is 4. The monoisotopic (exact) mass is 192 g/mol. The highest BCUT2D eigenvalue weighted by atomic mass is 16.5. The average molecular weight is 192 g/mol. The summed E-state index contributed by atoms with van der Waals surface area (Å²) in [5, 5.41) is 15.9. The van der Waals surface area contributed by atoms with Gasteiger partial charge in [-0.25, -0.2) is 4.79 Å². The van der Waals surface area contributed by atoms with Crippen LogP contribution in [0.2, 0.25) is 0 Å². The molecule has 1 aromatic heterocycles. The van der Waals surface area contributed by atoms with Crippen molar-refractivity contribution >= 4 is 22.8 Å². The Hall–Kier alpha value is -2.04. The molecule has 0 radical (unpaired) electrons. The zero-order valence-electron chi connectivity index (χ0n) is 7.44. The van der Waals surface area contributed by atoms with Gasteiger partial charge in [0.15, 0.2) is 11.4 Å². The van der Waals surface area contributed by atoms with Crippen molar-refractivity contribution in [3.05, 3.63) is 23.8 Å². The van der Waals surface area contributed by atoms with Crippen molar-refractivity contribution in [2.45, 2.75) is 0 Å². The Morgan fingerprint density at radius 1 is 1.57 bits per heavy atom. The second-order valence-corrected chi connectivity index (χ2v) is 2.77. The fourth-order valence-electron chi connectivity index (χ4n) is 1.34. The molecule has 72 valence electrons. The second-order valence-electron chi connectivity index (χ2n) is 2.77. The molecule has 0 unspecified atom stereocenters. The fraction of sp³-hybridized carbons (Fsp3) is 0.111. The first-order valence-corrected chi connectivity index (χ1v) is 4.03. The van der Waals surface area contributed by atoms with E-state index in [1.807, 2.05) is 0 Å². The molecule has 2 N–H and O–H groups in total. The maximum Gasteiger partial charge on any atom is 0.336 e. The van der Waals surface area contributed by atoms with E-state index < -0.39 is 5.97 Å². The summed E-state index contributed by atoms with van der Waals surface area (Å²) >= 11 is 0. The number of fused-ring (bicyclic) bond motifs is 1. The Morgan fingerprint density at radius 3 is 3.00 bits per heavy atom. The lowest BCUT2D eigenvalue weighted by molar-refractivity contribution is 0.0699. The number of aromatic nitrogens is 1. The number of nitrogens with zero attached hydrogens (tertiary/aromatic N) is 1. The van der Waals surface area contributed by atoms with E-state index in [1.165, 1.54) is 6.07 Å². The molecule has 0 bridgehead atoms. The highest BCUT2D eigenvalue weighted by molar-refractivity contribution is 6.06. The molecule has 0 aliphatic rings. The molecule has 2 rings (SSSR count). The third-order valence-electron chi connectivity index (χ3n) is 1.97. The number of anilines is 1. The van der Waals surface area contributed by atoms with Gasteiger partial charge in [0.25, 0.3) is 0 Å². The predicted octanol–water partition coefficient (Wildman–Crippen LogP) is 1.57. The van der Waals surface area contributed by atoms with Crippen molar-refractivity contribution in [1.29, 1.82) is 0 Å². The van der Waals surface area contributed by atoms with Crippen LogP contribution in [0.1, 0.15) is 10.4 Å². The molecule has 0 aliphatic heterocycles. The summed E-state index contributed by atoms with van der Waals surface area (Å²) in [6.07, 6.45) is 0. The van der Waals surface area contributed by atoms with Crippen LogP contribution < -0.4 is 5.32 Å². The SMILES string of the molecule is CNc1noc2cccc(C(=O)O)c12. The summed E-state index contributed by atoms with van der Waals surface area (Å²) in [5.74, 6) is -0.548. The Balaban J connectivity index is 2.81. The van der Waals surface area contributed by atoms with E-state index in [2.05, 4.69) is 10.5 Å². The van der Waals surface area contributed by atoms with Gasteiger partial charge in [-0.15, -0.1) is 0 Å². The summed E-state index contributed by atoms with van der Waals surface area (Å²) < 4.78 is 4.95. The predicted molar refractivity (Wildman–Crippen MR) is 50.5 cm³/mol. The summed E-state index contributed by atoms with van der Waals surface area (Å²) in [7, 11) is 1.66. The first kappa shape index (κ1) is 8.55. The highest BCUT2D eigenvalue weighted by Gasteiger charge is 2.15. The number of benzene rings is 1. The summed E-state index contributed by atoms with van der Waals surface area (Å²) in [6.45, 7) is 0. The van der Waals surface area contributed by atoms with Crippen LogP contribution in [-0.2, 0) is 0 Å². The second kappa shape index (κ2) is 3.02. The Kier molecular flexibility index (Phi) is 1.85. The van der Waals surface area contributed by atoms with Crippen molar-refractivity contribution in [1.82, 2.24) is 5.16 Å². The van der Waals surface area contributed by atoms with Gasteiger partial charge in [0.05, 0.1) is 10.9 Å². The molecule has 0 saturated heterocycles. The lowest BCUT2D eigenvalue weighted by Gasteiger charge is -1.97. The number of carbonyl (C=O) groups is 1. The quantitative estimate of drug-likeness (QED) is 0.755. The smallest absolute Gasteiger partial charge is 0.336 e. The summed E-state index contributed by atoms with van der Waals surface area (Å²) in [4.78, 5) is 10.9. The van der Waals surface area contributed by atoms with Crippen molar-refractivity contribution in [2.75, 3.05) is 12.4 Å². The number of rotatable bonds is 2. The molecular weight excluding hydrogens is 184 g/mol. The molecule has 1 aromatic carbocycles. The van der Waals surface area contributed by atoms with E-state index in [-0.39, 0.29) is 5.56 Å². The third kappa shape index (κ3) is 1.10. The average Bonchev–Trinajstić information content (AvgIpc) is 2.59. The van der Waals surface area contributed by atoms with Crippen LogP contribution in [0.4, 0.5) is 5.82 Å². The molecule has 5 nitrogen and oxygen atoms in total. The van der Waals surface area contributed by atoms with Gasteiger partial charge in [0.2, 0.25) is 0 Å². The zero-order chi connectivity index (χ0) is 10.1. The number of aromatic carboxylic acids is 1. The van der Waals surface area contributed by atoms with Crippen LogP contribution in [0.25, 0.3) is 11.0 Å². The van der Waals surface area contributed by atoms with Gasteiger partial charge in [0, 0.05) is 7.05 Å². The van der Waals surface area contributed by atoms with E-state index in [1.54, 1.807) is 19.2 Å². The van der Waals surface area contributed by atoms with Gasteiger partial charge in [-0.05, 0) is 12.1 Å². The van der Waals surface area contributed by atoms with Crippen LogP contribution in [0.3, 0.4) is 0 Å². The minimum Gasteiger partial charge on any atom is -0.478 e. The normalized spacial score (nSPS) is 10.4. The van der Waals surface area contributed by atoms with E-state index in [0.29, 0.717) is 16.8 Å². The van der Waals surface area contributed by atoms with Gasteiger partial charge in [-0.1, -0.05) is 11.2 Å². The van der Waals surface area contributed by atoms with Crippen molar-refractivity contribution < 1.29 is 14.4 Å². The molecule has 0 spiro atoms. The lowest BCUT2D eigenvalue weighted by Crippen LogP contribution is -1.98. The third-order valence-corrected chi connectivity index (χ3v) is 1.97. The van der Waals surface area contributed by atoms with Crippen molar-refractivity contribution in [2.24, 2.45) is 0 Å². The Bertz CT molecular complexity index is 490. The number of carboxylic acids is 1. The molecule has 0 atom stereocenters. The largest absolute Gasteiger partial charge is 0.478 e. The maximum atomic E-state index is 10.9. The number of nitrogens with one attached hydrogen (secondary N) is 1. The molecule has 1 heterocycles. The van der Waals surface area contributed by atoms with Gasteiger partial charge in [0.1, 0.15) is 0 Å². The summed E-state index contributed by atoms with van der Waals surface area (Å²) in [6, 6.07) is 4.81. The van der Waals surface area contributed by atoms with Gasteiger partial charge < -0.3 is 14.9 Å². The Morgan fingerprint density at radius 2 is 2.36 bits per heavy atom. The minimum absolute atomic E-state index is 0.188. The van der Waals surface area contributed by atoms with Crippen LogP contribution in [0.15, 0.2) is 22.7 Å². The molecule has 5 heteroatoms. The number of hydrogen-bond donors (Lipinski definition) is 2. The highest BCUT2D eigenvalue weighted by Crippen LogP contribution is 2.25. The maximum absolute atomic E-state index is 10.9. The standard InChI is InChI=1S/C9H8N2O3/c1-10-8-7-5(9(12)13)3-2-4-6(7)14-11-8/h2-4H,1H3,(H,10,11)(H,12,13). The summed E-state index contributed by atoms with van der Waals surface area (Å²) in [5.41, 5.74) is 0.655. The Labute approximate surface area is 79.3 Å². The van der Waals surface area contributed by atoms with Crippen LogP contribution >= 0.6 is 0 Å². The van der Waals surface area contributed by atoms with Crippen LogP contribution in [-0.4, -0.2) is 23.3 Å². The van der Waals surface area contributed by atoms with Crippen molar-refractivity contribution in [3.63, 3.8) is 0 Å². The van der Waals surface area contributed by atoms with Gasteiger partial charge in [-0.3, -0.25) is 0 Å². The first-order valence-electron chi connectivity index (χ1n) is 4.03. The van der Waals surface area contributed by atoms with Crippen molar-refractivity contribution in [3.8, 4) is 0 Å². The zero-order valence-corrected chi connectivity index (χ0v) is 7.44. The van der Waals surface area contributed by atoms with E-state index in [9.17, 15) is 4.79 Å². The molecule has 0 aliphatic carbocycles. The van der Waals surface area contributed by atoms with Gasteiger partial charge >= 0.3 is 5.97 Å². The van der Waals surface area contributed by atoms with Crippen LogP contribution in [0.5, 0.6) is 0 Å². The van der Waals surface area contributed by atoms with E-state index >= 15 is 0 Å². The molecule has 2 aromatic rings. The van der Waals surface area contributed by atoms with Crippen LogP contribution in [0, 0.1) is 0 Å². The molecule has 0 amide bonds. The molecule has 14 heavy (non-hydrogen) atoms. The van der Waals surface area contributed by atoms with E-state index in [0.717, 1.165) is 0 Å². The number of carboxylic acid groups (broad SMARTS) is 1. The minimum atomic E-state index is -0.990. The van der Waals surface area contributed by atoms with Gasteiger partial charge in [-0.2, -0.15) is 0 Å². The first-order chi connectivity index (χ1) is 6.74. The fourth-order valence-corrected chi connectivity index (χ4v) is 1.34. The lowest BCUT2D eigenvalue weighted by atomic mass is 10.1. The molecular formula is C9H8N2O3. The molecule has 0 fully saturated rings. The molecule has 0 saturated carbocycles.